The Bertz CT molecular complexity index is 624. The van der Waals surface area contributed by atoms with Crippen molar-refractivity contribution in [3.8, 4) is 0 Å². The summed E-state index contributed by atoms with van der Waals surface area (Å²) in [5, 5.41) is 0. The SMILES string of the molecule is CC(C)(C)c1ccc(C(=O)OCc2cccc(Br)c2)cc1. The van der Waals surface area contributed by atoms with Crippen LogP contribution in [0.1, 0.15) is 42.3 Å². The fourth-order valence-corrected chi connectivity index (χ4v) is 2.41. The van der Waals surface area contributed by atoms with Gasteiger partial charge in [-0.3, -0.25) is 0 Å². The molecule has 2 rings (SSSR count). The van der Waals surface area contributed by atoms with Crippen molar-refractivity contribution in [1.82, 2.24) is 0 Å². The average Bonchev–Trinajstić information content (AvgIpc) is 2.44. The highest BCUT2D eigenvalue weighted by Crippen LogP contribution is 2.22. The second kappa shape index (κ2) is 6.44. The molecule has 0 fully saturated rings. The summed E-state index contributed by atoms with van der Waals surface area (Å²) in [4.78, 5) is 12.0. The summed E-state index contributed by atoms with van der Waals surface area (Å²) >= 11 is 3.40. The molecule has 2 aromatic rings. The minimum absolute atomic E-state index is 0.0821. The Balaban J connectivity index is 2.00. The number of halogens is 1. The lowest BCUT2D eigenvalue weighted by Gasteiger charge is -2.18. The Morgan fingerprint density at radius 3 is 2.33 bits per heavy atom. The van der Waals surface area contributed by atoms with Gasteiger partial charge in [0.15, 0.2) is 0 Å². The fourth-order valence-electron chi connectivity index (χ4n) is 1.97. The number of benzene rings is 2. The highest BCUT2D eigenvalue weighted by Gasteiger charge is 2.14. The molecule has 0 saturated carbocycles. The van der Waals surface area contributed by atoms with E-state index in [1.165, 1.54) is 5.56 Å². The average molecular weight is 347 g/mol. The molecular formula is C18H19BrO2. The maximum Gasteiger partial charge on any atom is 0.338 e. The van der Waals surface area contributed by atoms with Crippen LogP contribution in [-0.2, 0) is 16.8 Å². The van der Waals surface area contributed by atoms with Gasteiger partial charge in [-0.1, -0.05) is 61.0 Å². The Kier molecular flexibility index (Phi) is 4.84. The third-order valence-electron chi connectivity index (χ3n) is 3.25. The summed E-state index contributed by atoms with van der Waals surface area (Å²) in [7, 11) is 0. The zero-order chi connectivity index (χ0) is 15.5. The van der Waals surface area contributed by atoms with Crippen LogP contribution in [0.4, 0.5) is 0 Å². The van der Waals surface area contributed by atoms with E-state index in [4.69, 9.17) is 4.74 Å². The molecule has 0 aliphatic rings. The van der Waals surface area contributed by atoms with Gasteiger partial charge in [0.1, 0.15) is 6.61 Å². The number of hydrogen-bond acceptors (Lipinski definition) is 2. The van der Waals surface area contributed by atoms with Crippen LogP contribution in [0.15, 0.2) is 53.0 Å². The van der Waals surface area contributed by atoms with Crippen molar-refractivity contribution in [3.63, 3.8) is 0 Å². The molecule has 0 aromatic heterocycles. The number of carbonyl (C=O) groups is 1. The molecule has 2 nitrogen and oxygen atoms in total. The molecule has 0 spiro atoms. The topological polar surface area (TPSA) is 26.3 Å². The van der Waals surface area contributed by atoms with E-state index in [-0.39, 0.29) is 18.0 Å². The molecule has 3 heteroatoms. The van der Waals surface area contributed by atoms with Crippen molar-refractivity contribution in [2.45, 2.75) is 32.8 Å². The van der Waals surface area contributed by atoms with E-state index in [2.05, 4.69) is 36.7 Å². The number of hydrogen-bond donors (Lipinski definition) is 0. The summed E-state index contributed by atoms with van der Waals surface area (Å²) in [5.41, 5.74) is 2.83. The van der Waals surface area contributed by atoms with Gasteiger partial charge in [0.05, 0.1) is 5.56 Å². The van der Waals surface area contributed by atoms with Gasteiger partial charge in [0.25, 0.3) is 0 Å². The lowest BCUT2D eigenvalue weighted by molar-refractivity contribution is 0.0472. The normalized spacial score (nSPS) is 11.2. The van der Waals surface area contributed by atoms with Gasteiger partial charge in [0, 0.05) is 4.47 Å². The predicted molar refractivity (Wildman–Crippen MR) is 88.4 cm³/mol. The summed E-state index contributed by atoms with van der Waals surface area (Å²) in [6, 6.07) is 15.3. The number of rotatable bonds is 3. The zero-order valence-electron chi connectivity index (χ0n) is 12.5. The maximum absolute atomic E-state index is 12.0. The maximum atomic E-state index is 12.0. The molecule has 0 aliphatic carbocycles. The van der Waals surface area contributed by atoms with E-state index in [0.717, 1.165) is 10.0 Å². The summed E-state index contributed by atoms with van der Waals surface area (Å²) in [6.07, 6.45) is 0. The Labute approximate surface area is 134 Å². The first-order valence-electron chi connectivity index (χ1n) is 6.88. The summed E-state index contributed by atoms with van der Waals surface area (Å²) in [6.45, 7) is 6.72. The molecule has 0 saturated heterocycles. The molecule has 2 aromatic carbocycles. The lowest BCUT2D eigenvalue weighted by Crippen LogP contribution is -2.12. The minimum Gasteiger partial charge on any atom is -0.457 e. The van der Waals surface area contributed by atoms with Gasteiger partial charge in [0.2, 0.25) is 0 Å². The second-order valence-corrected chi connectivity index (χ2v) is 6.95. The van der Waals surface area contributed by atoms with Gasteiger partial charge in [-0.25, -0.2) is 4.79 Å². The van der Waals surface area contributed by atoms with E-state index in [0.29, 0.717) is 5.56 Å². The molecule has 0 bridgehead atoms. The zero-order valence-corrected chi connectivity index (χ0v) is 14.1. The predicted octanol–water partition coefficient (Wildman–Crippen LogP) is 5.10. The van der Waals surface area contributed by atoms with Crippen LogP contribution in [0, 0.1) is 0 Å². The standard InChI is InChI=1S/C18H19BrO2/c1-18(2,3)15-9-7-14(8-10-15)17(20)21-12-13-5-4-6-16(19)11-13/h4-11H,12H2,1-3H3. The van der Waals surface area contributed by atoms with Gasteiger partial charge >= 0.3 is 5.97 Å². The molecule has 0 unspecified atom stereocenters. The lowest BCUT2D eigenvalue weighted by atomic mass is 9.87. The van der Waals surface area contributed by atoms with Crippen LogP contribution < -0.4 is 0 Å². The third kappa shape index (κ3) is 4.43. The van der Waals surface area contributed by atoms with Crippen molar-refractivity contribution in [2.24, 2.45) is 0 Å². The largest absolute Gasteiger partial charge is 0.457 e. The van der Waals surface area contributed by atoms with Gasteiger partial charge < -0.3 is 4.74 Å². The van der Waals surface area contributed by atoms with Crippen LogP contribution in [0.3, 0.4) is 0 Å². The smallest absolute Gasteiger partial charge is 0.338 e. The van der Waals surface area contributed by atoms with Gasteiger partial charge in [-0.05, 0) is 40.8 Å². The van der Waals surface area contributed by atoms with Gasteiger partial charge in [-0.15, -0.1) is 0 Å². The fraction of sp³-hybridized carbons (Fsp3) is 0.278. The van der Waals surface area contributed by atoms with Crippen molar-refractivity contribution in [3.05, 3.63) is 69.7 Å². The van der Waals surface area contributed by atoms with Crippen LogP contribution in [-0.4, -0.2) is 5.97 Å². The molecule has 0 aliphatic heterocycles. The molecule has 0 N–H and O–H groups in total. The van der Waals surface area contributed by atoms with Gasteiger partial charge in [-0.2, -0.15) is 0 Å². The Morgan fingerprint density at radius 2 is 1.76 bits per heavy atom. The van der Waals surface area contributed by atoms with Crippen LogP contribution in [0.25, 0.3) is 0 Å². The van der Waals surface area contributed by atoms with E-state index in [9.17, 15) is 4.79 Å². The molecule has 0 heterocycles. The molecular weight excluding hydrogens is 328 g/mol. The van der Waals surface area contributed by atoms with E-state index < -0.39 is 0 Å². The first kappa shape index (κ1) is 15.8. The number of ether oxygens (including phenoxy) is 1. The molecule has 0 atom stereocenters. The number of esters is 1. The van der Waals surface area contributed by atoms with Crippen molar-refractivity contribution < 1.29 is 9.53 Å². The first-order chi connectivity index (χ1) is 9.86. The monoisotopic (exact) mass is 346 g/mol. The van der Waals surface area contributed by atoms with Crippen molar-refractivity contribution >= 4 is 21.9 Å². The van der Waals surface area contributed by atoms with Crippen LogP contribution >= 0.6 is 15.9 Å². The highest BCUT2D eigenvalue weighted by atomic mass is 79.9. The Hall–Kier alpha value is -1.61. The second-order valence-electron chi connectivity index (χ2n) is 6.03. The minimum atomic E-state index is -0.296. The van der Waals surface area contributed by atoms with Crippen molar-refractivity contribution in [1.29, 1.82) is 0 Å². The number of carbonyl (C=O) groups excluding carboxylic acids is 1. The summed E-state index contributed by atoms with van der Waals surface area (Å²) in [5.74, 6) is -0.296. The molecule has 0 radical (unpaired) electrons. The van der Waals surface area contributed by atoms with Crippen LogP contribution in [0.5, 0.6) is 0 Å². The summed E-state index contributed by atoms with van der Waals surface area (Å²) < 4.78 is 6.31. The molecule has 110 valence electrons. The van der Waals surface area contributed by atoms with Crippen LogP contribution in [0.2, 0.25) is 0 Å². The van der Waals surface area contributed by atoms with E-state index >= 15 is 0 Å². The highest BCUT2D eigenvalue weighted by molar-refractivity contribution is 9.10. The van der Waals surface area contributed by atoms with Crippen molar-refractivity contribution in [2.75, 3.05) is 0 Å². The molecule has 21 heavy (non-hydrogen) atoms. The Morgan fingerprint density at radius 1 is 1.10 bits per heavy atom. The van der Waals surface area contributed by atoms with E-state index in [1.54, 1.807) is 0 Å². The third-order valence-corrected chi connectivity index (χ3v) is 3.74. The van der Waals surface area contributed by atoms with E-state index in [1.807, 2.05) is 48.5 Å². The first-order valence-corrected chi connectivity index (χ1v) is 7.68. The molecule has 0 amide bonds. The quantitative estimate of drug-likeness (QED) is 0.722.